The zero-order valence-corrected chi connectivity index (χ0v) is 16.6. The number of benzene rings is 1. The Bertz CT molecular complexity index is 778. The van der Waals surface area contributed by atoms with Gasteiger partial charge in [0.1, 0.15) is 0 Å². The van der Waals surface area contributed by atoms with Gasteiger partial charge in [0, 0.05) is 31.2 Å². The summed E-state index contributed by atoms with van der Waals surface area (Å²) in [6.07, 6.45) is 2.51. The molecule has 1 aliphatic rings. The Morgan fingerprint density at radius 3 is 2.54 bits per heavy atom. The van der Waals surface area contributed by atoms with Crippen LogP contribution in [0.5, 0.6) is 0 Å². The Hall–Kier alpha value is -1.85. The van der Waals surface area contributed by atoms with Crippen molar-refractivity contribution in [3.05, 3.63) is 46.2 Å². The number of piperazine rings is 1. The van der Waals surface area contributed by atoms with Gasteiger partial charge in [0.15, 0.2) is 0 Å². The minimum Gasteiger partial charge on any atom is -0.336 e. The summed E-state index contributed by atoms with van der Waals surface area (Å²) in [5, 5.41) is 5.48. The van der Waals surface area contributed by atoms with Crippen molar-refractivity contribution in [3.8, 4) is 5.69 Å². The number of carbonyl (C=O) groups excluding carboxylic acids is 1. The standard InChI is InChI=1S/C20H27ClN4O/c1-4-7-17-19(20(26)24-12-10-23(3)11-13-24)18(5-2)25(22-17)16-9-6-8-15(21)14-16/h6,8-9,14H,4-5,7,10-13H2,1-3H3. The summed E-state index contributed by atoms with van der Waals surface area (Å²) in [6, 6.07) is 7.65. The smallest absolute Gasteiger partial charge is 0.257 e. The van der Waals surface area contributed by atoms with E-state index in [1.807, 2.05) is 33.8 Å². The quantitative estimate of drug-likeness (QED) is 0.805. The Morgan fingerprint density at radius 1 is 1.19 bits per heavy atom. The van der Waals surface area contributed by atoms with E-state index in [2.05, 4.69) is 25.8 Å². The molecule has 2 heterocycles. The number of hydrogen-bond donors (Lipinski definition) is 0. The molecule has 2 aromatic rings. The van der Waals surface area contributed by atoms with Crippen molar-refractivity contribution in [1.29, 1.82) is 0 Å². The number of nitrogens with zero attached hydrogens (tertiary/aromatic N) is 4. The lowest BCUT2D eigenvalue weighted by Gasteiger charge is -2.32. The van der Waals surface area contributed by atoms with Crippen LogP contribution < -0.4 is 0 Å². The predicted octanol–water partition coefficient (Wildman–Crippen LogP) is 3.43. The average molecular weight is 375 g/mol. The molecule has 0 atom stereocenters. The van der Waals surface area contributed by atoms with Gasteiger partial charge in [-0.1, -0.05) is 37.9 Å². The summed E-state index contributed by atoms with van der Waals surface area (Å²) in [6.45, 7) is 7.57. The molecule has 1 aromatic heterocycles. The van der Waals surface area contributed by atoms with Crippen molar-refractivity contribution in [2.24, 2.45) is 0 Å². The van der Waals surface area contributed by atoms with Crippen LogP contribution >= 0.6 is 11.6 Å². The van der Waals surface area contributed by atoms with Gasteiger partial charge in [0.25, 0.3) is 5.91 Å². The summed E-state index contributed by atoms with van der Waals surface area (Å²) >= 11 is 6.18. The lowest BCUT2D eigenvalue weighted by atomic mass is 10.1. The van der Waals surface area contributed by atoms with Crippen LogP contribution in [0.2, 0.25) is 5.02 Å². The summed E-state index contributed by atoms with van der Waals surface area (Å²) in [5.74, 6) is 0.117. The maximum atomic E-state index is 13.3. The average Bonchev–Trinajstić information content (AvgIpc) is 3.00. The largest absolute Gasteiger partial charge is 0.336 e. The minimum atomic E-state index is 0.117. The van der Waals surface area contributed by atoms with Gasteiger partial charge in [0.05, 0.1) is 22.6 Å². The van der Waals surface area contributed by atoms with Crippen LogP contribution in [-0.2, 0) is 12.8 Å². The van der Waals surface area contributed by atoms with E-state index in [1.54, 1.807) is 0 Å². The predicted molar refractivity (Wildman–Crippen MR) is 105 cm³/mol. The molecule has 1 aliphatic heterocycles. The molecule has 0 aliphatic carbocycles. The highest BCUT2D eigenvalue weighted by Crippen LogP contribution is 2.24. The molecular formula is C20H27ClN4O. The van der Waals surface area contributed by atoms with Gasteiger partial charge in [-0.15, -0.1) is 0 Å². The maximum Gasteiger partial charge on any atom is 0.257 e. The van der Waals surface area contributed by atoms with Gasteiger partial charge in [0.2, 0.25) is 0 Å². The zero-order chi connectivity index (χ0) is 18.7. The van der Waals surface area contributed by atoms with Gasteiger partial charge in [-0.05, 0) is 38.1 Å². The second kappa shape index (κ2) is 8.23. The van der Waals surface area contributed by atoms with Crippen molar-refractivity contribution in [2.45, 2.75) is 33.1 Å². The SMILES string of the molecule is CCCc1nn(-c2cccc(Cl)c2)c(CC)c1C(=O)N1CCN(C)CC1. The Morgan fingerprint density at radius 2 is 1.92 bits per heavy atom. The van der Waals surface area contributed by atoms with E-state index in [1.165, 1.54) is 0 Å². The van der Waals surface area contributed by atoms with Crippen molar-refractivity contribution in [3.63, 3.8) is 0 Å². The topological polar surface area (TPSA) is 41.4 Å². The second-order valence-corrected chi connectivity index (χ2v) is 7.30. The number of rotatable bonds is 5. The fourth-order valence-electron chi connectivity index (χ4n) is 3.48. The number of carbonyl (C=O) groups is 1. The lowest BCUT2D eigenvalue weighted by Crippen LogP contribution is -2.47. The third kappa shape index (κ3) is 3.79. The third-order valence-electron chi connectivity index (χ3n) is 4.93. The summed E-state index contributed by atoms with van der Waals surface area (Å²) in [4.78, 5) is 17.5. The molecular weight excluding hydrogens is 348 g/mol. The molecule has 1 aromatic carbocycles. The van der Waals surface area contributed by atoms with E-state index in [0.717, 1.165) is 68.1 Å². The van der Waals surface area contributed by atoms with Gasteiger partial charge >= 0.3 is 0 Å². The molecule has 3 rings (SSSR count). The van der Waals surface area contributed by atoms with Crippen LogP contribution in [0.25, 0.3) is 5.69 Å². The van der Waals surface area contributed by atoms with Gasteiger partial charge in [-0.2, -0.15) is 5.10 Å². The summed E-state index contributed by atoms with van der Waals surface area (Å²) in [5.41, 5.74) is 3.57. The molecule has 1 fully saturated rings. The summed E-state index contributed by atoms with van der Waals surface area (Å²) in [7, 11) is 2.10. The van der Waals surface area contributed by atoms with Crippen LogP contribution in [0.3, 0.4) is 0 Å². The molecule has 140 valence electrons. The number of amides is 1. The molecule has 0 spiro atoms. The normalized spacial score (nSPS) is 15.5. The first-order chi connectivity index (χ1) is 12.5. The fraction of sp³-hybridized carbons (Fsp3) is 0.500. The highest BCUT2D eigenvalue weighted by Gasteiger charge is 2.28. The first kappa shape index (κ1) is 18.9. The van der Waals surface area contributed by atoms with Crippen molar-refractivity contribution >= 4 is 17.5 Å². The monoisotopic (exact) mass is 374 g/mol. The number of hydrogen-bond acceptors (Lipinski definition) is 3. The van der Waals surface area contributed by atoms with E-state index >= 15 is 0 Å². The van der Waals surface area contributed by atoms with Crippen LogP contribution in [0.4, 0.5) is 0 Å². The Labute approximate surface area is 160 Å². The molecule has 0 saturated carbocycles. The first-order valence-corrected chi connectivity index (χ1v) is 9.77. The molecule has 1 saturated heterocycles. The van der Waals surface area contributed by atoms with E-state index < -0.39 is 0 Å². The molecule has 5 nitrogen and oxygen atoms in total. The van der Waals surface area contributed by atoms with Gasteiger partial charge < -0.3 is 9.80 Å². The van der Waals surface area contributed by atoms with Crippen molar-refractivity contribution in [1.82, 2.24) is 19.6 Å². The highest BCUT2D eigenvalue weighted by molar-refractivity contribution is 6.30. The molecule has 0 unspecified atom stereocenters. The van der Waals surface area contributed by atoms with Gasteiger partial charge in [-0.3, -0.25) is 4.79 Å². The first-order valence-electron chi connectivity index (χ1n) is 9.39. The molecule has 0 bridgehead atoms. The zero-order valence-electron chi connectivity index (χ0n) is 15.8. The van der Waals surface area contributed by atoms with Crippen LogP contribution in [0.1, 0.15) is 42.0 Å². The van der Waals surface area contributed by atoms with E-state index in [4.69, 9.17) is 16.7 Å². The van der Waals surface area contributed by atoms with Crippen molar-refractivity contribution in [2.75, 3.05) is 33.2 Å². The molecule has 0 N–H and O–H groups in total. The maximum absolute atomic E-state index is 13.3. The van der Waals surface area contributed by atoms with Crippen LogP contribution in [0, 0.1) is 0 Å². The van der Waals surface area contributed by atoms with Gasteiger partial charge in [-0.25, -0.2) is 4.68 Å². The van der Waals surface area contributed by atoms with Crippen LogP contribution in [0.15, 0.2) is 24.3 Å². The third-order valence-corrected chi connectivity index (χ3v) is 5.17. The number of aryl methyl sites for hydroxylation is 1. The second-order valence-electron chi connectivity index (χ2n) is 6.86. The molecule has 6 heteroatoms. The Balaban J connectivity index is 2.04. The summed E-state index contributed by atoms with van der Waals surface area (Å²) < 4.78 is 1.90. The van der Waals surface area contributed by atoms with E-state index in [-0.39, 0.29) is 5.91 Å². The highest BCUT2D eigenvalue weighted by atomic mass is 35.5. The lowest BCUT2D eigenvalue weighted by molar-refractivity contribution is 0.0662. The number of aromatic nitrogens is 2. The molecule has 26 heavy (non-hydrogen) atoms. The van der Waals surface area contributed by atoms with E-state index in [9.17, 15) is 4.79 Å². The van der Waals surface area contributed by atoms with Crippen molar-refractivity contribution < 1.29 is 4.79 Å². The number of likely N-dealkylation sites (N-methyl/N-ethyl adjacent to an activating group) is 1. The Kier molecular flexibility index (Phi) is 5.99. The molecule has 1 amide bonds. The molecule has 0 radical (unpaired) electrons. The number of halogens is 1. The minimum absolute atomic E-state index is 0.117. The fourth-order valence-corrected chi connectivity index (χ4v) is 3.66. The van der Waals surface area contributed by atoms with Crippen LogP contribution in [-0.4, -0.2) is 58.7 Å². The van der Waals surface area contributed by atoms with E-state index in [0.29, 0.717) is 5.02 Å².